The van der Waals surface area contributed by atoms with Gasteiger partial charge in [-0.05, 0) is 78.8 Å². The van der Waals surface area contributed by atoms with Crippen molar-refractivity contribution in [2.24, 2.45) is 5.92 Å². The quantitative estimate of drug-likeness (QED) is 0.274. The molecule has 7 nitrogen and oxygen atoms in total. The van der Waals surface area contributed by atoms with Gasteiger partial charge in [-0.2, -0.15) is 0 Å². The van der Waals surface area contributed by atoms with Crippen molar-refractivity contribution in [2.75, 3.05) is 11.1 Å². The number of hydrogen-bond acceptors (Lipinski definition) is 5. The molecule has 1 aromatic heterocycles. The van der Waals surface area contributed by atoms with Crippen LogP contribution in [0.3, 0.4) is 0 Å². The first-order chi connectivity index (χ1) is 15.8. The molecule has 1 heterocycles. The largest absolute Gasteiger partial charge is 0.342 e. The van der Waals surface area contributed by atoms with E-state index in [4.69, 9.17) is 0 Å². The molecule has 33 heavy (non-hydrogen) atoms. The molecule has 9 heteroatoms. The number of rotatable bonds is 9. The van der Waals surface area contributed by atoms with Gasteiger partial charge in [-0.3, -0.25) is 9.59 Å². The first-order valence-corrected chi connectivity index (χ1v) is 12.8. The lowest BCUT2D eigenvalue weighted by atomic mass is 10.0. The molecule has 2 aromatic carbocycles. The molecule has 0 radical (unpaired) electrons. The number of aromatic nitrogens is 3. The lowest BCUT2D eigenvalue weighted by Crippen LogP contribution is -2.33. The van der Waals surface area contributed by atoms with Gasteiger partial charge in [-0.25, -0.2) is 0 Å². The molecule has 2 N–H and O–H groups in total. The molecule has 0 unspecified atom stereocenters. The van der Waals surface area contributed by atoms with Crippen LogP contribution in [0, 0.1) is 16.4 Å². The Balaban J connectivity index is 1.70. The fraction of sp³-hybridized carbons (Fsp3) is 0.333. The Labute approximate surface area is 212 Å². The van der Waals surface area contributed by atoms with Gasteiger partial charge in [0, 0.05) is 21.4 Å². The van der Waals surface area contributed by atoms with E-state index >= 15 is 0 Å². The Morgan fingerprint density at radius 3 is 2.33 bits per heavy atom. The van der Waals surface area contributed by atoms with E-state index in [9.17, 15) is 9.59 Å². The van der Waals surface area contributed by atoms with Gasteiger partial charge in [-0.15, -0.1) is 10.2 Å². The van der Waals surface area contributed by atoms with Gasteiger partial charge >= 0.3 is 0 Å². The van der Waals surface area contributed by atoms with E-state index in [0.29, 0.717) is 23.1 Å². The molecular formula is C24H28IN5O2S. The molecule has 3 aromatic rings. The van der Waals surface area contributed by atoms with Crippen LogP contribution in [0.15, 0.2) is 53.7 Å². The van der Waals surface area contributed by atoms with Crippen LogP contribution >= 0.6 is 34.4 Å². The third-order valence-corrected chi connectivity index (χ3v) is 6.75. The van der Waals surface area contributed by atoms with Gasteiger partial charge in [0.25, 0.3) is 5.91 Å². The van der Waals surface area contributed by atoms with Crippen LogP contribution < -0.4 is 10.6 Å². The zero-order valence-corrected chi connectivity index (χ0v) is 22.1. The lowest BCUT2D eigenvalue weighted by Gasteiger charge is -2.22. The molecule has 0 aliphatic carbocycles. The van der Waals surface area contributed by atoms with Gasteiger partial charge in [0.15, 0.2) is 11.0 Å². The summed E-state index contributed by atoms with van der Waals surface area (Å²) in [5.74, 6) is 0.753. The van der Waals surface area contributed by atoms with E-state index in [1.54, 1.807) is 0 Å². The van der Waals surface area contributed by atoms with Crippen molar-refractivity contribution >= 4 is 51.9 Å². The van der Waals surface area contributed by atoms with Crippen molar-refractivity contribution in [3.8, 4) is 0 Å². The minimum Gasteiger partial charge on any atom is -0.342 e. The van der Waals surface area contributed by atoms with Gasteiger partial charge in [-0.1, -0.05) is 43.3 Å². The highest BCUT2D eigenvalue weighted by atomic mass is 127. The van der Waals surface area contributed by atoms with E-state index in [-0.39, 0.29) is 29.5 Å². The molecule has 0 spiro atoms. The molecule has 0 saturated heterocycles. The minimum atomic E-state index is -0.304. The highest BCUT2D eigenvalue weighted by molar-refractivity contribution is 14.1. The number of hydrogen-bond donors (Lipinski definition) is 2. The lowest BCUT2D eigenvalue weighted by molar-refractivity contribution is -0.113. The molecule has 3 rings (SSSR count). The van der Waals surface area contributed by atoms with E-state index in [2.05, 4.69) is 43.4 Å². The second kappa shape index (κ2) is 11.6. The van der Waals surface area contributed by atoms with Crippen molar-refractivity contribution in [1.29, 1.82) is 0 Å². The predicted octanol–water partition coefficient (Wildman–Crippen LogP) is 5.07. The molecule has 0 aliphatic rings. The van der Waals surface area contributed by atoms with Crippen molar-refractivity contribution < 1.29 is 9.59 Å². The van der Waals surface area contributed by atoms with E-state index in [0.717, 1.165) is 14.8 Å². The summed E-state index contributed by atoms with van der Waals surface area (Å²) in [6.45, 7) is 8.70. The van der Waals surface area contributed by atoms with Gasteiger partial charge in [0.05, 0.1) is 11.8 Å². The molecule has 2 amide bonds. The topological polar surface area (TPSA) is 88.9 Å². The molecule has 174 valence electrons. The third-order valence-electron chi connectivity index (χ3n) is 5.07. The summed E-state index contributed by atoms with van der Waals surface area (Å²) >= 11 is 3.56. The number of halogens is 1. The van der Waals surface area contributed by atoms with E-state index in [1.165, 1.54) is 11.8 Å². The number of aryl methyl sites for hydroxylation is 1. The fourth-order valence-electron chi connectivity index (χ4n) is 3.25. The zero-order chi connectivity index (χ0) is 24.0. The van der Waals surface area contributed by atoms with Gasteiger partial charge in [0.2, 0.25) is 5.91 Å². The highest BCUT2D eigenvalue weighted by Gasteiger charge is 2.26. The van der Waals surface area contributed by atoms with Crippen LogP contribution in [-0.2, 0) is 11.3 Å². The van der Waals surface area contributed by atoms with Crippen LogP contribution in [0.5, 0.6) is 0 Å². The summed E-state index contributed by atoms with van der Waals surface area (Å²) in [5, 5.41) is 15.4. The number of benzene rings is 2. The molecule has 0 bridgehead atoms. The number of nitrogens with one attached hydrogen (secondary N) is 2. The Hall–Kier alpha value is -2.40. The maximum atomic E-state index is 12.8. The van der Waals surface area contributed by atoms with Crippen LogP contribution in [0.2, 0.25) is 0 Å². The number of nitrogens with zero attached hydrogens (tertiary/aromatic N) is 3. The monoisotopic (exact) mass is 577 g/mol. The van der Waals surface area contributed by atoms with Crippen LogP contribution in [0.25, 0.3) is 0 Å². The summed E-state index contributed by atoms with van der Waals surface area (Å²) in [6, 6.07) is 14.8. The van der Waals surface area contributed by atoms with E-state index in [1.807, 2.05) is 80.8 Å². The second-order valence-corrected chi connectivity index (χ2v) is 10.2. The molecule has 0 saturated carbocycles. The number of carbonyl (C=O) groups excluding carboxylic acids is 2. The van der Waals surface area contributed by atoms with Crippen molar-refractivity contribution in [2.45, 2.75) is 45.4 Å². The maximum Gasteiger partial charge on any atom is 0.251 e. The standard InChI is InChI=1S/C24H28IN5O2S/c1-5-30-22(21(15(2)3)27-23(32)17-8-6-16(4)7-9-17)28-29-24(30)33-14-20(31)26-19-12-10-18(25)11-13-19/h6-13,15,21H,5,14H2,1-4H3,(H,26,31)(H,27,32)/t21-/m0/s1. The molecule has 0 aliphatic heterocycles. The second-order valence-electron chi connectivity index (χ2n) is 7.99. The fourth-order valence-corrected chi connectivity index (χ4v) is 4.42. The van der Waals surface area contributed by atoms with E-state index < -0.39 is 0 Å². The highest BCUT2D eigenvalue weighted by Crippen LogP contribution is 2.26. The summed E-state index contributed by atoms with van der Waals surface area (Å²) < 4.78 is 3.07. The average molecular weight is 577 g/mol. The van der Waals surface area contributed by atoms with Crippen LogP contribution in [-0.4, -0.2) is 32.3 Å². The minimum absolute atomic E-state index is 0.107. The Morgan fingerprint density at radius 1 is 1.06 bits per heavy atom. The van der Waals surface area contributed by atoms with Gasteiger partial charge in [0.1, 0.15) is 0 Å². The average Bonchev–Trinajstić information content (AvgIpc) is 3.20. The van der Waals surface area contributed by atoms with Gasteiger partial charge < -0.3 is 15.2 Å². The number of amides is 2. The predicted molar refractivity (Wildman–Crippen MR) is 140 cm³/mol. The van der Waals surface area contributed by atoms with Crippen molar-refractivity contribution in [3.05, 3.63) is 69.1 Å². The third kappa shape index (κ3) is 6.80. The summed E-state index contributed by atoms with van der Waals surface area (Å²) in [4.78, 5) is 25.2. The number of thioether (sulfide) groups is 1. The summed E-state index contributed by atoms with van der Waals surface area (Å²) in [5.41, 5.74) is 2.47. The summed E-state index contributed by atoms with van der Waals surface area (Å²) in [6.07, 6.45) is 0. The normalized spacial score (nSPS) is 11.9. The summed E-state index contributed by atoms with van der Waals surface area (Å²) in [7, 11) is 0. The first-order valence-electron chi connectivity index (χ1n) is 10.8. The number of carbonyl (C=O) groups is 2. The smallest absolute Gasteiger partial charge is 0.251 e. The van der Waals surface area contributed by atoms with Crippen LogP contribution in [0.1, 0.15) is 48.6 Å². The number of anilines is 1. The SMILES string of the molecule is CCn1c(SCC(=O)Nc2ccc(I)cc2)nnc1[C@@H](NC(=O)c1ccc(C)cc1)C(C)C. The Kier molecular flexibility index (Phi) is 8.90. The molecule has 0 fully saturated rings. The van der Waals surface area contributed by atoms with Crippen LogP contribution in [0.4, 0.5) is 5.69 Å². The molecule has 1 atom stereocenters. The van der Waals surface area contributed by atoms with Crippen molar-refractivity contribution in [1.82, 2.24) is 20.1 Å². The Bertz CT molecular complexity index is 1100. The zero-order valence-electron chi connectivity index (χ0n) is 19.1. The molecular weight excluding hydrogens is 549 g/mol. The van der Waals surface area contributed by atoms with Crippen molar-refractivity contribution in [3.63, 3.8) is 0 Å². The first kappa shape index (κ1) is 25.2. The Morgan fingerprint density at radius 2 is 1.73 bits per heavy atom. The maximum absolute atomic E-state index is 12.8.